The van der Waals surface area contributed by atoms with Crippen molar-refractivity contribution < 1.29 is 19.1 Å². The van der Waals surface area contributed by atoms with E-state index in [1.807, 2.05) is 35.2 Å². The van der Waals surface area contributed by atoms with Crippen LogP contribution in [0.2, 0.25) is 0 Å². The SMILES string of the molecule is O=C(NCCC(=O)N1CCC[C@H]1c1ccc2c(c1)OCCCO2)c1ccc(Br)cc1. The largest absolute Gasteiger partial charge is 0.490 e. The molecule has 2 aliphatic rings. The Morgan fingerprint density at radius 3 is 2.60 bits per heavy atom. The molecule has 0 aromatic heterocycles. The number of ether oxygens (including phenoxy) is 2. The Hall–Kier alpha value is -2.54. The van der Waals surface area contributed by atoms with Crippen LogP contribution in [0.25, 0.3) is 0 Å². The summed E-state index contributed by atoms with van der Waals surface area (Å²) in [5, 5.41) is 2.84. The topological polar surface area (TPSA) is 67.9 Å². The number of hydrogen-bond acceptors (Lipinski definition) is 4. The smallest absolute Gasteiger partial charge is 0.251 e. The van der Waals surface area contributed by atoms with Gasteiger partial charge in [-0.2, -0.15) is 0 Å². The molecule has 7 heteroatoms. The van der Waals surface area contributed by atoms with E-state index in [1.165, 1.54) is 0 Å². The minimum absolute atomic E-state index is 0.0387. The maximum absolute atomic E-state index is 12.8. The lowest BCUT2D eigenvalue weighted by Crippen LogP contribution is -2.34. The van der Waals surface area contributed by atoms with E-state index in [0.29, 0.717) is 25.3 Å². The summed E-state index contributed by atoms with van der Waals surface area (Å²) >= 11 is 3.36. The van der Waals surface area contributed by atoms with Gasteiger partial charge in [-0.1, -0.05) is 22.0 Å². The van der Waals surface area contributed by atoms with Crippen LogP contribution >= 0.6 is 15.9 Å². The van der Waals surface area contributed by atoms with Crippen molar-refractivity contribution in [2.45, 2.75) is 31.7 Å². The lowest BCUT2D eigenvalue weighted by Gasteiger charge is -2.26. The average molecular weight is 473 g/mol. The standard InChI is InChI=1S/C23H25BrN2O4/c24-18-7-4-16(5-8-18)23(28)25-11-10-22(27)26-12-1-3-19(26)17-6-9-20-21(15-17)30-14-2-13-29-20/h4-9,15,19H,1-3,10-14H2,(H,25,28)/t19-/m0/s1. The number of halogens is 1. The Kier molecular flexibility index (Phi) is 6.57. The molecule has 2 aliphatic heterocycles. The minimum atomic E-state index is -0.170. The molecule has 1 N–H and O–H groups in total. The van der Waals surface area contributed by atoms with Crippen molar-refractivity contribution in [2.24, 2.45) is 0 Å². The highest BCUT2D eigenvalue weighted by Gasteiger charge is 2.30. The molecule has 0 aliphatic carbocycles. The Morgan fingerprint density at radius 1 is 1.03 bits per heavy atom. The van der Waals surface area contributed by atoms with Crippen molar-refractivity contribution in [1.82, 2.24) is 10.2 Å². The maximum Gasteiger partial charge on any atom is 0.251 e. The van der Waals surface area contributed by atoms with Crippen LogP contribution in [-0.2, 0) is 4.79 Å². The van der Waals surface area contributed by atoms with Crippen molar-refractivity contribution in [3.8, 4) is 11.5 Å². The fraction of sp³-hybridized carbons (Fsp3) is 0.391. The first-order valence-corrected chi connectivity index (χ1v) is 11.1. The van der Waals surface area contributed by atoms with Gasteiger partial charge in [0.25, 0.3) is 5.91 Å². The Morgan fingerprint density at radius 2 is 1.80 bits per heavy atom. The van der Waals surface area contributed by atoms with Gasteiger partial charge in [-0.05, 0) is 54.8 Å². The predicted octanol–water partition coefficient (Wildman–Crippen LogP) is 4.09. The van der Waals surface area contributed by atoms with Gasteiger partial charge in [-0.3, -0.25) is 9.59 Å². The number of carbonyl (C=O) groups excluding carboxylic acids is 2. The quantitative estimate of drug-likeness (QED) is 0.711. The predicted molar refractivity (Wildman–Crippen MR) is 117 cm³/mol. The molecule has 2 aromatic rings. The molecule has 1 fully saturated rings. The van der Waals surface area contributed by atoms with Crippen LogP contribution < -0.4 is 14.8 Å². The summed E-state index contributed by atoms with van der Waals surface area (Å²) in [5.41, 5.74) is 1.65. The molecule has 0 bridgehead atoms. The van der Waals surface area contributed by atoms with Crippen LogP contribution in [-0.4, -0.2) is 43.0 Å². The molecule has 1 atom stereocenters. The lowest BCUT2D eigenvalue weighted by atomic mass is 10.0. The molecular formula is C23H25BrN2O4. The van der Waals surface area contributed by atoms with Crippen molar-refractivity contribution in [1.29, 1.82) is 0 Å². The second-order valence-electron chi connectivity index (χ2n) is 7.51. The highest BCUT2D eigenvalue weighted by atomic mass is 79.9. The number of benzene rings is 2. The molecule has 158 valence electrons. The van der Waals surface area contributed by atoms with E-state index in [0.717, 1.165) is 47.3 Å². The Balaban J connectivity index is 1.35. The molecule has 2 heterocycles. The van der Waals surface area contributed by atoms with Crippen LogP contribution in [0, 0.1) is 0 Å². The number of nitrogens with zero attached hydrogens (tertiary/aromatic N) is 1. The van der Waals surface area contributed by atoms with E-state index in [-0.39, 0.29) is 24.3 Å². The summed E-state index contributed by atoms with van der Waals surface area (Å²) in [7, 11) is 0. The van der Waals surface area contributed by atoms with E-state index < -0.39 is 0 Å². The van der Waals surface area contributed by atoms with Crippen LogP contribution in [0.3, 0.4) is 0 Å². The minimum Gasteiger partial charge on any atom is -0.490 e. The summed E-state index contributed by atoms with van der Waals surface area (Å²) in [6.07, 6.45) is 3.04. The third-order valence-corrected chi connectivity index (χ3v) is 5.99. The van der Waals surface area contributed by atoms with Crippen molar-refractivity contribution >= 4 is 27.7 Å². The monoisotopic (exact) mass is 472 g/mol. The van der Waals surface area contributed by atoms with E-state index in [4.69, 9.17) is 9.47 Å². The van der Waals surface area contributed by atoms with Gasteiger partial charge in [-0.25, -0.2) is 0 Å². The molecule has 1 saturated heterocycles. The van der Waals surface area contributed by atoms with E-state index >= 15 is 0 Å². The van der Waals surface area contributed by atoms with Gasteiger partial charge in [0.15, 0.2) is 11.5 Å². The number of hydrogen-bond donors (Lipinski definition) is 1. The van der Waals surface area contributed by atoms with Crippen molar-refractivity contribution in [3.63, 3.8) is 0 Å². The number of nitrogens with one attached hydrogen (secondary N) is 1. The molecule has 0 unspecified atom stereocenters. The second kappa shape index (κ2) is 9.51. The maximum atomic E-state index is 12.8. The van der Waals surface area contributed by atoms with Gasteiger partial charge in [0.1, 0.15) is 0 Å². The van der Waals surface area contributed by atoms with E-state index in [1.54, 1.807) is 12.1 Å². The third kappa shape index (κ3) is 4.78. The number of fused-ring (bicyclic) bond motifs is 1. The first kappa shape index (κ1) is 20.7. The van der Waals surface area contributed by atoms with Gasteiger partial charge in [-0.15, -0.1) is 0 Å². The van der Waals surface area contributed by atoms with E-state index in [9.17, 15) is 9.59 Å². The molecule has 4 rings (SSSR count). The highest BCUT2D eigenvalue weighted by Crippen LogP contribution is 2.38. The fourth-order valence-electron chi connectivity index (χ4n) is 3.93. The summed E-state index contributed by atoms with van der Waals surface area (Å²) in [4.78, 5) is 27.0. The first-order valence-electron chi connectivity index (χ1n) is 10.3. The fourth-order valence-corrected chi connectivity index (χ4v) is 4.19. The Bertz CT molecular complexity index is 916. The van der Waals surface area contributed by atoms with Crippen LogP contribution in [0.4, 0.5) is 0 Å². The lowest BCUT2D eigenvalue weighted by molar-refractivity contribution is -0.132. The summed E-state index contributed by atoms with van der Waals surface area (Å²) in [6.45, 7) is 2.35. The van der Waals surface area contributed by atoms with Crippen LogP contribution in [0.1, 0.15) is 47.6 Å². The molecule has 2 aromatic carbocycles. The molecule has 6 nitrogen and oxygen atoms in total. The zero-order chi connectivity index (χ0) is 20.9. The first-order chi connectivity index (χ1) is 14.6. The van der Waals surface area contributed by atoms with Gasteiger partial charge >= 0.3 is 0 Å². The molecule has 0 saturated carbocycles. The Labute approximate surface area is 184 Å². The van der Waals surface area contributed by atoms with Crippen LogP contribution in [0.5, 0.6) is 11.5 Å². The second-order valence-corrected chi connectivity index (χ2v) is 8.43. The van der Waals surface area contributed by atoms with E-state index in [2.05, 4.69) is 21.2 Å². The summed E-state index contributed by atoms with van der Waals surface area (Å²) in [6, 6.07) is 13.2. The third-order valence-electron chi connectivity index (χ3n) is 5.46. The van der Waals surface area contributed by atoms with Gasteiger partial charge in [0, 0.05) is 36.0 Å². The van der Waals surface area contributed by atoms with Gasteiger partial charge < -0.3 is 19.7 Å². The molecular weight excluding hydrogens is 448 g/mol. The summed E-state index contributed by atoms with van der Waals surface area (Å²) < 4.78 is 12.4. The van der Waals surface area contributed by atoms with Crippen LogP contribution in [0.15, 0.2) is 46.9 Å². The number of rotatable bonds is 5. The average Bonchev–Trinajstić information content (AvgIpc) is 3.13. The molecule has 0 radical (unpaired) electrons. The normalized spacial score (nSPS) is 18.0. The highest BCUT2D eigenvalue weighted by molar-refractivity contribution is 9.10. The number of carbonyl (C=O) groups is 2. The zero-order valence-corrected chi connectivity index (χ0v) is 18.3. The molecule has 30 heavy (non-hydrogen) atoms. The number of amides is 2. The number of likely N-dealkylation sites (tertiary alicyclic amines) is 1. The van der Waals surface area contributed by atoms with Crippen molar-refractivity contribution in [3.05, 3.63) is 58.1 Å². The molecule has 2 amide bonds. The molecule has 0 spiro atoms. The zero-order valence-electron chi connectivity index (χ0n) is 16.7. The van der Waals surface area contributed by atoms with Crippen molar-refractivity contribution in [2.75, 3.05) is 26.3 Å². The van der Waals surface area contributed by atoms with Gasteiger partial charge in [0.05, 0.1) is 19.3 Å². The summed E-state index contributed by atoms with van der Waals surface area (Å²) in [5.74, 6) is 1.41. The van der Waals surface area contributed by atoms with Gasteiger partial charge in [0.2, 0.25) is 5.91 Å².